The van der Waals surface area contributed by atoms with Crippen molar-refractivity contribution in [1.29, 1.82) is 5.26 Å². The van der Waals surface area contributed by atoms with E-state index in [0.29, 0.717) is 0 Å². The van der Waals surface area contributed by atoms with Crippen molar-refractivity contribution < 1.29 is 12.6 Å². The number of hydrogen-bond donors (Lipinski definition) is 0. The largest absolute Gasteiger partial charge is 0.283 e. The Labute approximate surface area is 70.8 Å². The predicted molar refractivity (Wildman–Crippen MR) is 40.7 cm³/mol. The molecule has 0 radical (unpaired) electrons. The highest BCUT2D eigenvalue weighted by atomic mass is 35.5. The van der Waals surface area contributed by atoms with E-state index >= 15 is 0 Å². The van der Waals surface area contributed by atoms with Crippen LogP contribution in [-0.4, -0.2) is 26.2 Å². The number of alkyl halides is 1. The van der Waals surface area contributed by atoms with Gasteiger partial charge in [0.1, 0.15) is 0 Å². The first kappa shape index (κ1) is 10.7. The molecule has 6 heteroatoms. The molecule has 0 spiro atoms. The van der Waals surface area contributed by atoms with E-state index in [9.17, 15) is 8.42 Å². The molecule has 1 atom stereocenters. The van der Waals surface area contributed by atoms with Crippen LogP contribution in [-0.2, 0) is 14.3 Å². The Kier molecular flexibility index (Phi) is 4.42. The fourth-order valence-electron chi connectivity index (χ4n) is 0.314. The van der Waals surface area contributed by atoms with Crippen LogP contribution in [0.2, 0.25) is 0 Å². The van der Waals surface area contributed by atoms with Crippen LogP contribution < -0.4 is 0 Å². The zero-order valence-electron chi connectivity index (χ0n) is 5.95. The molecule has 0 amide bonds. The Hall–Kier alpha value is -0.310. The lowest BCUT2D eigenvalue weighted by Crippen LogP contribution is -2.19. The Morgan fingerprint density at radius 2 is 2.27 bits per heavy atom. The molecule has 0 fully saturated rings. The summed E-state index contributed by atoms with van der Waals surface area (Å²) in [6.07, 6.45) is 0. The zero-order chi connectivity index (χ0) is 8.91. The first-order chi connectivity index (χ1) is 5.04. The second-order valence-electron chi connectivity index (χ2n) is 1.78. The molecule has 0 aliphatic rings. The molecule has 0 saturated heterocycles. The monoisotopic (exact) mass is 197 g/mol. The average molecular weight is 198 g/mol. The third kappa shape index (κ3) is 3.56. The van der Waals surface area contributed by atoms with Gasteiger partial charge in [-0.05, 0) is 6.92 Å². The molecule has 0 rings (SSSR count). The van der Waals surface area contributed by atoms with E-state index in [1.165, 1.54) is 6.92 Å². The summed E-state index contributed by atoms with van der Waals surface area (Å²) < 4.78 is 26.0. The summed E-state index contributed by atoms with van der Waals surface area (Å²) in [5, 5.41) is 7.09. The molecule has 0 heterocycles. The minimum absolute atomic E-state index is 0.0874. The van der Waals surface area contributed by atoms with Crippen LogP contribution in [0, 0.1) is 11.3 Å². The number of halogens is 1. The first-order valence-corrected chi connectivity index (χ1v) is 4.89. The van der Waals surface area contributed by atoms with Crippen LogP contribution in [0.1, 0.15) is 6.92 Å². The topological polar surface area (TPSA) is 67.2 Å². The third-order valence-corrected chi connectivity index (χ3v) is 2.56. The summed E-state index contributed by atoms with van der Waals surface area (Å²) in [5.74, 6) is 0.0946. The first-order valence-electron chi connectivity index (χ1n) is 2.88. The number of hydrogen-bond acceptors (Lipinski definition) is 4. The summed E-state index contributed by atoms with van der Waals surface area (Å²) in [5.41, 5.74) is 0. The average Bonchev–Trinajstić information content (AvgIpc) is 1.99. The molecular formula is C5H8ClNO3S. The van der Waals surface area contributed by atoms with Gasteiger partial charge in [0.25, 0.3) is 10.1 Å². The Morgan fingerprint density at radius 1 is 1.73 bits per heavy atom. The molecular weight excluding hydrogens is 190 g/mol. The molecule has 11 heavy (non-hydrogen) atoms. The van der Waals surface area contributed by atoms with E-state index in [1.54, 1.807) is 6.07 Å². The summed E-state index contributed by atoms with van der Waals surface area (Å²) in [6, 6.07) is 1.56. The summed E-state index contributed by atoms with van der Waals surface area (Å²) in [4.78, 5) is 0. The summed E-state index contributed by atoms with van der Waals surface area (Å²) in [7, 11) is -3.72. The summed E-state index contributed by atoms with van der Waals surface area (Å²) in [6.45, 7) is 1.17. The zero-order valence-corrected chi connectivity index (χ0v) is 7.52. The van der Waals surface area contributed by atoms with Gasteiger partial charge in [0, 0.05) is 5.88 Å². The normalized spacial score (nSPS) is 13.9. The van der Waals surface area contributed by atoms with Gasteiger partial charge < -0.3 is 0 Å². The second-order valence-corrected chi connectivity index (χ2v) is 4.08. The maximum absolute atomic E-state index is 10.8. The Bertz CT molecular complexity index is 243. The van der Waals surface area contributed by atoms with Gasteiger partial charge in [0.2, 0.25) is 0 Å². The van der Waals surface area contributed by atoms with Crippen LogP contribution in [0.15, 0.2) is 0 Å². The molecule has 0 N–H and O–H groups in total. The van der Waals surface area contributed by atoms with Gasteiger partial charge in [-0.3, -0.25) is 4.18 Å². The lowest BCUT2D eigenvalue weighted by atomic mass is 10.5. The van der Waals surface area contributed by atoms with Crippen molar-refractivity contribution in [3.05, 3.63) is 0 Å². The fraction of sp³-hybridized carbons (Fsp3) is 0.800. The summed E-state index contributed by atoms with van der Waals surface area (Å²) >= 11 is 5.18. The molecule has 64 valence electrons. The van der Waals surface area contributed by atoms with Gasteiger partial charge in [-0.1, -0.05) is 0 Å². The van der Waals surface area contributed by atoms with E-state index in [1.807, 2.05) is 0 Å². The van der Waals surface area contributed by atoms with Crippen molar-refractivity contribution in [2.45, 2.75) is 12.2 Å². The highest BCUT2D eigenvalue weighted by Gasteiger charge is 2.20. The van der Waals surface area contributed by atoms with Crippen molar-refractivity contribution in [3.63, 3.8) is 0 Å². The Balaban J connectivity index is 4.15. The highest BCUT2D eigenvalue weighted by Crippen LogP contribution is 2.01. The van der Waals surface area contributed by atoms with Gasteiger partial charge in [-0.2, -0.15) is 13.7 Å². The van der Waals surface area contributed by atoms with E-state index in [-0.39, 0.29) is 12.5 Å². The lowest BCUT2D eigenvalue weighted by Gasteiger charge is -2.03. The molecule has 0 aromatic rings. The molecule has 4 nitrogen and oxygen atoms in total. The smallest absolute Gasteiger partial charge is 0.268 e. The quantitative estimate of drug-likeness (QED) is 0.486. The van der Waals surface area contributed by atoms with E-state index in [4.69, 9.17) is 16.9 Å². The van der Waals surface area contributed by atoms with Crippen molar-refractivity contribution in [3.8, 4) is 6.07 Å². The SMILES string of the molecule is CC(C#N)S(=O)(=O)OCCCl. The lowest BCUT2D eigenvalue weighted by molar-refractivity contribution is 0.337. The van der Waals surface area contributed by atoms with E-state index in [2.05, 4.69) is 4.18 Å². The van der Waals surface area contributed by atoms with Crippen LogP contribution >= 0.6 is 11.6 Å². The van der Waals surface area contributed by atoms with Gasteiger partial charge >= 0.3 is 0 Å². The van der Waals surface area contributed by atoms with Crippen LogP contribution in [0.4, 0.5) is 0 Å². The van der Waals surface area contributed by atoms with E-state index < -0.39 is 15.4 Å². The van der Waals surface area contributed by atoms with Gasteiger partial charge in [-0.15, -0.1) is 11.6 Å². The fourth-order valence-corrected chi connectivity index (χ4v) is 1.13. The molecule has 0 aromatic carbocycles. The number of rotatable bonds is 4. The van der Waals surface area contributed by atoms with Gasteiger partial charge in [0.05, 0.1) is 12.7 Å². The highest BCUT2D eigenvalue weighted by molar-refractivity contribution is 7.87. The number of nitriles is 1. The molecule has 0 aliphatic heterocycles. The van der Waals surface area contributed by atoms with Crippen molar-refractivity contribution in [1.82, 2.24) is 0 Å². The van der Waals surface area contributed by atoms with Crippen molar-refractivity contribution in [2.75, 3.05) is 12.5 Å². The van der Waals surface area contributed by atoms with E-state index in [0.717, 1.165) is 0 Å². The third-order valence-electron chi connectivity index (χ3n) is 0.940. The van der Waals surface area contributed by atoms with Gasteiger partial charge in [0.15, 0.2) is 5.25 Å². The number of nitrogens with zero attached hydrogens (tertiary/aromatic N) is 1. The molecule has 0 bridgehead atoms. The maximum atomic E-state index is 10.8. The minimum atomic E-state index is -3.72. The van der Waals surface area contributed by atoms with Crippen LogP contribution in [0.5, 0.6) is 0 Å². The van der Waals surface area contributed by atoms with Gasteiger partial charge in [-0.25, -0.2) is 0 Å². The van der Waals surface area contributed by atoms with Crippen LogP contribution in [0.3, 0.4) is 0 Å². The molecule has 0 aliphatic carbocycles. The standard InChI is InChI=1S/C5H8ClNO3S/c1-5(4-7)11(8,9)10-3-2-6/h5H,2-3H2,1H3. The predicted octanol–water partition coefficient (Wildman–Crippen LogP) is 0.484. The molecule has 0 saturated carbocycles. The van der Waals surface area contributed by atoms with Crippen molar-refractivity contribution in [2.24, 2.45) is 0 Å². The molecule has 0 aromatic heterocycles. The van der Waals surface area contributed by atoms with Crippen LogP contribution in [0.25, 0.3) is 0 Å². The second kappa shape index (κ2) is 4.54. The van der Waals surface area contributed by atoms with Crippen molar-refractivity contribution >= 4 is 21.7 Å². The molecule has 1 unspecified atom stereocenters. The Morgan fingerprint density at radius 3 is 2.64 bits per heavy atom. The minimum Gasteiger partial charge on any atom is -0.268 e. The maximum Gasteiger partial charge on any atom is 0.283 e.